The van der Waals surface area contributed by atoms with Gasteiger partial charge in [0.1, 0.15) is 0 Å². The molecule has 0 saturated carbocycles. The Hall–Kier alpha value is -2.68. The summed E-state index contributed by atoms with van der Waals surface area (Å²) in [4.78, 5) is 0. The highest BCUT2D eigenvalue weighted by atomic mass is 15.0. The lowest BCUT2D eigenvalue weighted by molar-refractivity contribution is 0.246. The van der Waals surface area contributed by atoms with Crippen LogP contribution in [-0.4, -0.2) is 18.6 Å². The van der Waals surface area contributed by atoms with E-state index in [0.717, 1.165) is 19.4 Å². The third kappa shape index (κ3) is 4.37. The molecular weight excluding hydrogens is 412 g/mol. The van der Waals surface area contributed by atoms with Crippen LogP contribution >= 0.6 is 0 Å². The zero-order valence-corrected chi connectivity index (χ0v) is 20.3. The van der Waals surface area contributed by atoms with E-state index in [0.29, 0.717) is 12.5 Å². The molecule has 0 aromatic heterocycles. The summed E-state index contributed by atoms with van der Waals surface area (Å²) in [5.41, 5.74) is 12.0. The second kappa shape index (κ2) is 10.3. The Balaban J connectivity index is 1.46. The summed E-state index contributed by atoms with van der Waals surface area (Å²) >= 11 is 0. The Morgan fingerprint density at radius 2 is 1.50 bits per heavy atom. The summed E-state index contributed by atoms with van der Waals surface area (Å²) in [7, 11) is 0. The van der Waals surface area contributed by atoms with Crippen LogP contribution in [0.1, 0.15) is 73.1 Å². The Morgan fingerprint density at radius 3 is 2.15 bits per heavy atom. The molecule has 1 spiro atoms. The van der Waals surface area contributed by atoms with E-state index in [1.54, 1.807) is 0 Å². The van der Waals surface area contributed by atoms with Gasteiger partial charge in [0, 0.05) is 16.9 Å². The largest absolute Gasteiger partial charge is 0.330 e. The van der Waals surface area contributed by atoms with Crippen molar-refractivity contribution in [2.24, 2.45) is 5.73 Å². The fraction of sp³-hybridized carbons (Fsp3) is 0.375. The van der Waals surface area contributed by atoms with E-state index in [-0.39, 0.29) is 11.0 Å². The van der Waals surface area contributed by atoms with Gasteiger partial charge in [-0.2, -0.15) is 0 Å². The average Bonchev–Trinajstić information content (AvgIpc) is 2.91. The Labute approximate surface area is 205 Å². The molecule has 1 heterocycles. The first-order valence-corrected chi connectivity index (χ1v) is 13.1. The van der Waals surface area contributed by atoms with Gasteiger partial charge in [0.2, 0.25) is 0 Å². The van der Waals surface area contributed by atoms with Crippen molar-refractivity contribution in [2.75, 3.05) is 13.1 Å². The van der Waals surface area contributed by atoms with Crippen LogP contribution in [0.25, 0.3) is 6.08 Å². The van der Waals surface area contributed by atoms with E-state index in [2.05, 4.69) is 102 Å². The van der Waals surface area contributed by atoms with Gasteiger partial charge in [-0.25, -0.2) is 0 Å². The maximum absolute atomic E-state index is 6.26. The highest BCUT2D eigenvalue weighted by Gasteiger charge is 2.41. The zero-order chi connectivity index (χ0) is 23.3. The van der Waals surface area contributed by atoms with Crippen molar-refractivity contribution in [2.45, 2.75) is 61.8 Å². The van der Waals surface area contributed by atoms with Crippen LogP contribution in [0.2, 0.25) is 0 Å². The van der Waals surface area contributed by atoms with E-state index in [4.69, 9.17) is 5.73 Å². The van der Waals surface area contributed by atoms with Crippen LogP contribution in [0, 0.1) is 0 Å². The summed E-state index contributed by atoms with van der Waals surface area (Å²) in [6.07, 6.45) is 13.1. The molecule has 0 bridgehead atoms. The third-order valence-corrected chi connectivity index (χ3v) is 8.35. The van der Waals surface area contributed by atoms with Crippen molar-refractivity contribution < 1.29 is 0 Å². The van der Waals surface area contributed by atoms with Gasteiger partial charge in [0.05, 0.1) is 0 Å². The van der Waals surface area contributed by atoms with E-state index >= 15 is 0 Å². The summed E-state index contributed by atoms with van der Waals surface area (Å²) < 4.78 is 0. The molecule has 2 atom stereocenters. The molecule has 5 rings (SSSR count). The van der Waals surface area contributed by atoms with Crippen molar-refractivity contribution >= 4 is 6.08 Å². The number of nitrogens with two attached hydrogens (primary N) is 1. The van der Waals surface area contributed by atoms with Crippen LogP contribution in [0.4, 0.5) is 0 Å². The molecule has 3 N–H and O–H groups in total. The molecule has 1 aliphatic heterocycles. The number of hydrogen-bond donors (Lipinski definition) is 2. The number of fused-ring (bicyclic) bond motifs is 1. The first-order chi connectivity index (χ1) is 16.8. The molecule has 1 aliphatic carbocycles. The first-order valence-electron chi connectivity index (χ1n) is 13.1. The highest BCUT2D eigenvalue weighted by molar-refractivity contribution is 5.61. The monoisotopic (exact) mass is 450 g/mol. The lowest BCUT2D eigenvalue weighted by Gasteiger charge is -2.46. The van der Waals surface area contributed by atoms with Gasteiger partial charge in [0.15, 0.2) is 0 Å². The van der Waals surface area contributed by atoms with Crippen molar-refractivity contribution in [1.29, 1.82) is 0 Å². The van der Waals surface area contributed by atoms with Crippen molar-refractivity contribution in [1.82, 2.24) is 5.32 Å². The predicted molar refractivity (Wildman–Crippen MR) is 144 cm³/mol. The van der Waals surface area contributed by atoms with Gasteiger partial charge in [-0.3, -0.25) is 0 Å². The molecule has 3 aromatic carbocycles. The van der Waals surface area contributed by atoms with Gasteiger partial charge < -0.3 is 11.1 Å². The molecular formula is C32H38N2. The van der Waals surface area contributed by atoms with Crippen LogP contribution in [0.5, 0.6) is 0 Å². The molecule has 1 fully saturated rings. The molecule has 1 saturated heterocycles. The van der Waals surface area contributed by atoms with Crippen LogP contribution in [-0.2, 0) is 5.41 Å². The predicted octanol–water partition coefficient (Wildman–Crippen LogP) is 6.81. The number of benzene rings is 3. The third-order valence-electron chi connectivity index (χ3n) is 8.35. The molecule has 2 aliphatic rings. The minimum Gasteiger partial charge on any atom is -0.330 e. The lowest BCUT2D eigenvalue weighted by Crippen LogP contribution is -2.52. The second-order valence-corrected chi connectivity index (χ2v) is 10.2. The SMILES string of the molecule is NCCC(CCCC1c2ccccc2C=CC12CCCCN2)(c1ccccc1)c1ccccc1. The van der Waals surface area contributed by atoms with E-state index in [9.17, 15) is 0 Å². The molecule has 2 unspecified atom stereocenters. The fourth-order valence-corrected chi connectivity index (χ4v) is 6.65. The summed E-state index contributed by atoms with van der Waals surface area (Å²) in [6.45, 7) is 1.80. The standard InChI is InChI=1S/C32H38N2/c33-24-23-31(27-13-3-1-4-14-27,28-15-5-2-6-16-28)20-11-18-30-29-17-8-7-12-26(29)19-22-32(30)21-9-10-25-34-32/h1-8,12-17,19,22,30,34H,9-11,18,20-21,23-25,33H2. The van der Waals surface area contributed by atoms with Crippen LogP contribution in [0.15, 0.2) is 91.0 Å². The van der Waals surface area contributed by atoms with Gasteiger partial charge in [-0.05, 0) is 67.4 Å². The van der Waals surface area contributed by atoms with E-state index < -0.39 is 0 Å². The zero-order valence-electron chi connectivity index (χ0n) is 20.3. The number of piperidine rings is 1. The summed E-state index contributed by atoms with van der Waals surface area (Å²) in [5, 5.41) is 3.95. The second-order valence-electron chi connectivity index (χ2n) is 10.2. The molecule has 176 valence electrons. The first kappa shape index (κ1) is 23.1. The average molecular weight is 451 g/mol. The van der Waals surface area contributed by atoms with Crippen molar-refractivity contribution in [3.63, 3.8) is 0 Å². The van der Waals surface area contributed by atoms with Crippen molar-refractivity contribution in [3.05, 3.63) is 113 Å². The molecule has 34 heavy (non-hydrogen) atoms. The fourth-order valence-electron chi connectivity index (χ4n) is 6.65. The van der Waals surface area contributed by atoms with E-state index in [1.165, 1.54) is 54.4 Å². The number of rotatable bonds is 8. The van der Waals surface area contributed by atoms with Crippen molar-refractivity contribution in [3.8, 4) is 0 Å². The summed E-state index contributed by atoms with van der Waals surface area (Å²) in [5.74, 6) is 0.510. The minimum atomic E-state index is -0.0472. The van der Waals surface area contributed by atoms with E-state index in [1.807, 2.05) is 0 Å². The van der Waals surface area contributed by atoms with Crippen LogP contribution in [0.3, 0.4) is 0 Å². The van der Waals surface area contributed by atoms with Crippen LogP contribution < -0.4 is 11.1 Å². The maximum atomic E-state index is 6.26. The van der Waals surface area contributed by atoms with Gasteiger partial charge in [0.25, 0.3) is 0 Å². The van der Waals surface area contributed by atoms with Gasteiger partial charge in [-0.15, -0.1) is 0 Å². The molecule has 3 aromatic rings. The Bertz CT molecular complexity index is 1040. The highest BCUT2D eigenvalue weighted by Crippen LogP contribution is 2.46. The smallest absolute Gasteiger partial charge is 0.0437 e. The van der Waals surface area contributed by atoms with Gasteiger partial charge in [-0.1, -0.05) is 110 Å². The maximum Gasteiger partial charge on any atom is 0.0437 e. The molecule has 2 heteroatoms. The minimum absolute atomic E-state index is 0.0472. The Kier molecular flexibility index (Phi) is 6.99. The number of hydrogen-bond acceptors (Lipinski definition) is 2. The normalized spacial score (nSPS) is 22.0. The summed E-state index contributed by atoms with van der Waals surface area (Å²) in [6, 6.07) is 31.1. The molecule has 0 radical (unpaired) electrons. The van der Waals surface area contributed by atoms with Gasteiger partial charge >= 0.3 is 0 Å². The quantitative estimate of drug-likeness (QED) is 0.395. The topological polar surface area (TPSA) is 38.0 Å². The lowest BCUT2D eigenvalue weighted by atomic mass is 9.65. The molecule has 2 nitrogen and oxygen atoms in total. The number of nitrogens with one attached hydrogen (secondary N) is 1. The Morgan fingerprint density at radius 1 is 0.824 bits per heavy atom. The molecule has 0 amide bonds.